The van der Waals surface area contributed by atoms with Crippen LogP contribution in [0.5, 0.6) is 0 Å². The van der Waals surface area contributed by atoms with E-state index in [1.54, 1.807) is 0 Å². The summed E-state index contributed by atoms with van der Waals surface area (Å²) in [4.78, 5) is 2.83. The lowest BCUT2D eigenvalue weighted by Gasteiger charge is -2.43. The van der Waals surface area contributed by atoms with E-state index in [0.717, 1.165) is 18.0 Å². The lowest BCUT2D eigenvalue weighted by Crippen LogP contribution is -2.47. The molecule has 2 saturated carbocycles. The Morgan fingerprint density at radius 2 is 1.67 bits per heavy atom. The fourth-order valence-corrected chi connectivity index (χ4v) is 4.18. The van der Waals surface area contributed by atoms with Crippen LogP contribution in [-0.4, -0.2) is 29.6 Å². The molecule has 0 amide bonds. The van der Waals surface area contributed by atoms with Crippen LogP contribution < -0.4 is 5.73 Å². The molecule has 2 atom stereocenters. The lowest BCUT2D eigenvalue weighted by atomic mass is 9.81. The van der Waals surface area contributed by atoms with Crippen molar-refractivity contribution in [3.05, 3.63) is 0 Å². The first-order chi connectivity index (χ1) is 8.74. The molecular formula is C16H32N2. The van der Waals surface area contributed by atoms with Crippen molar-refractivity contribution in [2.45, 2.75) is 89.8 Å². The molecule has 0 heterocycles. The van der Waals surface area contributed by atoms with Crippen molar-refractivity contribution in [3.63, 3.8) is 0 Å². The summed E-state index contributed by atoms with van der Waals surface area (Å²) < 4.78 is 0. The SMILES string of the molecule is CCC1CCCC(N(CC)C2CCC(N)CC2)C1. The standard InChI is InChI=1S/C16H32N2/c1-3-13-6-5-7-16(12-13)18(4-2)15-10-8-14(17)9-11-15/h13-16H,3-12,17H2,1-2H3. The molecule has 0 radical (unpaired) electrons. The molecule has 0 saturated heterocycles. The second-order valence-electron chi connectivity index (χ2n) is 6.49. The van der Waals surface area contributed by atoms with Gasteiger partial charge in [0.2, 0.25) is 0 Å². The van der Waals surface area contributed by atoms with Gasteiger partial charge < -0.3 is 5.73 Å². The predicted molar refractivity (Wildman–Crippen MR) is 78.6 cm³/mol. The minimum absolute atomic E-state index is 0.481. The van der Waals surface area contributed by atoms with Gasteiger partial charge in [-0.2, -0.15) is 0 Å². The van der Waals surface area contributed by atoms with Crippen LogP contribution in [0.25, 0.3) is 0 Å². The minimum Gasteiger partial charge on any atom is -0.328 e. The largest absolute Gasteiger partial charge is 0.328 e. The fraction of sp³-hybridized carbons (Fsp3) is 1.00. The van der Waals surface area contributed by atoms with Crippen LogP contribution in [0.15, 0.2) is 0 Å². The van der Waals surface area contributed by atoms with Gasteiger partial charge in [-0.15, -0.1) is 0 Å². The maximum atomic E-state index is 6.04. The van der Waals surface area contributed by atoms with E-state index in [-0.39, 0.29) is 0 Å². The van der Waals surface area contributed by atoms with Crippen molar-refractivity contribution >= 4 is 0 Å². The second kappa shape index (κ2) is 6.91. The Morgan fingerprint density at radius 1 is 0.944 bits per heavy atom. The molecule has 2 nitrogen and oxygen atoms in total. The Bertz CT molecular complexity index is 233. The van der Waals surface area contributed by atoms with Crippen molar-refractivity contribution in [3.8, 4) is 0 Å². The van der Waals surface area contributed by atoms with Gasteiger partial charge in [-0.05, 0) is 51.0 Å². The van der Waals surface area contributed by atoms with Gasteiger partial charge in [0, 0.05) is 18.1 Å². The molecule has 2 heteroatoms. The molecule has 2 N–H and O–H groups in total. The van der Waals surface area contributed by atoms with E-state index in [1.165, 1.54) is 64.3 Å². The summed E-state index contributed by atoms with van der Waals surface area (Å²) in [6, 6.07) is 2.18. The number of hydrogen-bond acceptors (Lipinski definition) is 2. The molecule has 2 aliphatic carbocycles. The number of rotatable bonds is 4. The first-order valence-electron chi connectivity index (χ1n) is 8.25. The summed E-state index contributed by atoms with van der Waals surface area (Å²) in [5.41, 5.74) is 6.04. The zero-order chi connectivity index (χ0) is 13.0. The number of nitrogens with zero attached hydrogens (tertiary/aromatic N) is 1. The summed E-state index contributed by atoms with van der Waals surface area (Å²) in [5.74, 6) is 0.989. The third kappa shape index (κ3) is 3.48. The number of hydrogen-bond donors (Lipinski definition) is 1. The average molecular weight is 252 g/mol. The topological polar surface area (TPSA) is 29.3 Å². The smallest absolute Gasteiger partial charge is 0.0101 e. The predicted octanol–water partition coefficient (Wildman–Crippen LogP) is 3.55. The summed E-state index contributed by atoms with van der Waals surface area (Å²) in [6.45, 7) is 5.95. The highest BCUT2D eigenvalue weighted by atomic mass is 15.2. The Labute approximate surface area is 113 Å². The van der Waals surface area contributed by atoms with E-state index in [2.05, 4.69) is 18.7 Å². The van der Waals surface area contributed by atoms with Crippen molar-refractivity contribution < 1.29 is 0 Å². The highest BCUT2D eigenvalue weighted by Crippen LogP contribution is 2.33. The molecule has 18 heavy (non-hydrogen) atoms. The van der Waals surface area contributed by atoms with Gasteiger partial charge in [0.1, 0.15) is 0 Å². The molecular weight excluding hydrogens is 220 g/mol. The summed E-state index contributed by atoms with van der Waals surface area (Å²) in [5, 5.41) is 0. The van der Waals surface area contributed by atoms with Gasteiger partial charge >= 0.3 is 0 Å². The highest BCUT2D eigenvalue weighted by molar-refractivity contribution is 4.87. The third-order valence-corrected chi connectivity index (χ3v) is 5.38. The molecule has 2 aliphatic rings. The zero-order valence-electron chi connectivity index (χ0n) is 12.4. The molecule has 0 bridgehead atoms. The van der Waals surface area contributed by atoms with Gasteiger partial charge in [0.05, 0.1) is 0 Å². The highest BCUT2D eigenvalue weighted by Gasteiger charge is 2.31. The van der Waals surface area contributed by atoms with Crippen LogP contribution in [0.1, 0.15) is 71.6 Å². The van der Waals surface area contributed by atoms with Gasteiger partial charge in [0.15, 0.2) is 0 Å². The Hall–Kier alpha value is -0.0800. The maximum Gasteiger partial charge on any atom is 0.0101 e. The van der Waals surface area contributed by atoms with Crippen LogP contribution >= 0.6 is 0 Å². The minimum atomic E-state index is 0.481. The second-order valence-corrected chi connectivity index (χ2v) is 6.49. The van der Waals surface area contributed by atoms with E-state index in [4.69, 9.17) is 5.73 Å². The van der Waals surface area contributed by atoms with Gasteiger partial charge in [-0.1, -0.05) is 33.1 Å². The third-order valence-electron chi connectivity index (χ3n) is 5.38. The summed E-state index contributed by atoms with van der Waals surface area (Å²) in [7, 11) is 0. The van der Waals surface area contributed by atoms with Crippen molar-refractivity contribution in [2.75, 3.05) is 6.54 Å². The van der Waals surface area contributed by atoms with Crippen LogP contribution in [0.2, 0.25) is 0 Å². The van der Waals surface area contributed by atoms with Crippen LogP contribution in [0.3, 0.4) is 0 Å². The van der Waals surface area contributed by atoms with E-state index >= 15 is 0 Å². The normalized spacial score (nSPS) is 38.0. The maximum absolute atomic E-state index is 6.04. The molecule has 0 spiro atoms. The van der Waals surface area contributed by atoms with Gasteiger partial charge in [-0.3, -0.25) is 4.90 Å². The molecule has 0 aromatic heterocycles. The summed E-state index contributed by atoms with van der Waals surface area (Å²) >= 11 is 0. The average Bonchev–Trinajstić information content (AvgIpc) is 2.42. The Balaban J connectivity index is 1.91. The van der Waals surface area contributed by atoms with E-state index < -0.39 is 0 Å². The number of nitrogens with two attached hydrogens (primary N) is 1. The van der Waals surface area contributed by atoms with E-state index in [9.17, 15) is 0 Å². The van der Waals surface area contributed by atoms with Gasteiger partial charge in [-0.25, -0.2) is 0 Å². The zero-order valence-corrected chi connectivity index (χ0v) is 12.4. The van der Waals surface area contributed by atoms with E-state index in [1.807, 2.05) is 0 Å². The van der Waals surface area contributed by atoms with E-state index in [0.29, 0.717) is 6.04 Å². The molecule has 2 rings (SSSR count). The quantitative estimate of drug-likeness (QED) is 0.829. The molecule has 0 aromatic carbocycles. The first kappa shape index (κ1) is 14.3. The summed E-state index contributed by atoms with van der Waals surface area (Å²) in [6.07, 6.45) is 12.3. The Morgan fingerprint density at radius 3 is 2.28 bits per heavy atom. The monoisotopic (exact) mass is 252 g/mol. The van der Waals surface area contributed by atoms with Crippen LogP contribution in [0.4, 0.5) is 0 Å². The van der Waals surface area contributed by atoms with Crippen LogP contribution in [0, 0.1) is 5.92 Å². The molecule has 106 valence electrons. The van der Waals surface area contributed by atoms with Crippen molar-refractivity contribution in [1.82, 2.24) is 4.90 Å². The Kier molecular flexibility index (Phi) is 5.50. The fourth-order valence-electron chi connectivity index (χ4n) is 4.18. The molecule has 2 fully saturated rings. The van der Waals surface area contributed by atoms with Crippen LogP contribution in [-0.2, 0) is 0 Å². The molecule has 0 aliphatic heterocycles. The first-order valence-corrected chi connectivity index (χ1v) is 8.25. The van der Waals surface area contributed by atoms with Crippen molar-refractivity contribution in [1.29, 1.82) is 0 Å². The van der Waals surface area contributed by atoms with Crippen molar-refractivity contribution in [2.24, 2.45) is 11.7 Å². The molecule has 0 aromatic rings. The lowest BCUT2D eigenvalue weighted by molar-refractivity contribution is 0.0679. The van der Waals surface area contributed by atoms with Gasteiger partial charge in [0.25, 0.3) is 0 Å². The molecule has 2 unspecified atom stereocenters.